The van der Waals surface area contributed by atoms with Gasteiger partial charge in [-0.05, 0) is 38.5 Å². The monoisotopic (exact) mass is 430 g/mol. The third kappa shape index (κ3) is 6.64. The Hall–Kier alpha value is -1.74. The molecule has 0 radical (unpaired) electrons. The van der Waals surface area contributed by atoms with E-state index in [0.717, 1.165) is 0 Å². The predicted molar refractivity (Wildman–Crippen MR) is 89.5 cm³/mol. The van der Waals surface area contributed by atoms with Crippen molar-refractivity contribution in [2.75, 3.05) is 0 Å². The number of alkyl halides is 6. The average molecular weight is 430 g/mol. The quantitative estimate of drug-likeness (QED) is 0.339. The van der Waals surface area contributed by atoms with Crippen LogP contribution in [0.3, 0.4) is 0 Å². The number of esters is 2. The SMILES string of the molecule is C=C(CC(=O)OC1CCCCC1C(F)(F)F)C(=O)OC1CCCCC1C(F)(F)F. The molecule has 0 aromatic carbocycles. The third-order valence-electron chi connectivity index (χ3n) is 5.43. The zero-order chi connectivity index (χ0) is 21.8. The summed E-state index contributed by atoms with van der Waals surface area (Å²) in [5, 5.41) is 0. The van der Waals surface area contributed by atoms with Crippen LogP contribution in [0, 0.1) is 11.8 Å². The summed E-state index contributed by atoms with van der Waals surface area (Å²) in [6.07, 6.45) is -11.0. The summed E-state index contributed by atoms with van der Waals surface area (Å²) in [5.41, 5.74) is -0.444. The van der Waals surface area contributed by atoms with Gasteiger partial charge in [0.2, 0.25) is 0 Å². The maximum absolute atomic E-state index is 13.1. The summed E-state index contributed by atoms with van der Waals surface area (Å²) < 4.78 is 88.2. The number of hydrogen-bond donors (Lipinski definition) is 0. The summed E-state index contributed by atoms with van der Waals surface area (Å²) in [7, 11) is 0. The van der Waals surface area contributed by atoms with Crippen molar-refractivity contribution in [1.82, 2.24) is 0 Å². The molecule has 29 heavy (non-hydrogen) atoms. The van der Waals surface area contributed by atoms with Crippen molar-refractivity contribution in [3.05, 3.63) is 12.2 Å². The van der Waals surface area contributed by atoms with Gasteiger partial charge in [-0.25, -0.2) is 4.79 Å². The van der Waals surface area contributed by atoms with Gasteiger partial charge in [0.15, 0.2) is 0 Å². The van der Waals surface area contributed by atoms with E-state index in [9.17, 15) is 35.9 Å². The highest BCUT2D eigenvalue weighted by molar-refractivity contribution is 5.93. The Morgan fingerprint density at radius 3 is 1.62 bits per heavy atom. The van der Waals surface area contributed by atoms with Crippen LogP contribution < -0.4 is 0 Å². The van der Waals surface area contributed by atoms with Gasteiger partial charge < -0.3 is 9.47 Å². The number of rotatable bonds is 5. The Labute approximate surface area is 164 Å². The molecule has 0 aromatic rings. The summed E-state index contributed by atoms with van der Waals surface area (Å²) in [5.74, 6) is -5.80. The van der Waals surface area contributed by atoms with Gasteiger partial charge in [-0.15, -0.1) is 0 Å². The largest absolute Gasteiger partial charge is 0.461 e. The lowest BCUT2D eigenvalue weighted by Crippen LogP contribution is -2.40. The molecule has 0 spiro atoms. The summed E-state index contributed by atoms with van der Waals surface area (Å²) in [4.78, 5) is 24.0. The highest BCUT2D eigenvalue weighted by Gasteiger charge is 2.48. The van der Waals surface area contributed by atoms with Gasteiger partial charge in [-0.3, -0.25) is 4.79 Å². The van der Waals surface area contributed by atoms with Crippen LogP contribution in [-0.2, 0) is 19.1 Å². The fourth-order valence-corrected chi connectivity index (χ4v) is 3.90. The van der Waals surface area contributed by atoms with Crippen LogP contribution in [0.1, 0.15) is 57.8 Å². The Morgan fingerprint density at radius 2 is 1.17 bits per heavy atom. The number of hydrogen-bond acceptors (Lipinski definition) is 4. The second-order valence-corrected chi connectivity index (χ2v) is 7.62. The highest BCUT2D eigenvalue weighted by atomic mass is 19.4. The van der Waals surface area contributed by atoms with Crippen molar-refractivity contribution < 1.29 is 45.4 Å². The van der Waals surface area contributed by atoms with Crippen molar-refractivity contribution in [2.24, 2.45) is 11.8 Å². The molecule has 2 aliphatic rings. The summed E-state index contributed by atoms with van der Waals surface area (Å²) >= 11 is 0. The molecule has 0 saturated heterocycles. The van der Waals surface area contributed by atoms with Gasteiger partial charge in [0.05, 0.1) is 18.3 Å². The standard InChI is InChI=1S/C19H24F6O4/c1-11(17(27)29-15-9-5-3-7-13(15)19(23,24)25)10-16(26)28-14-8-4-2-6-12(14)18(20,21)22/h12-15H,1-10H2. The molecular weight excluding hydrogens is 406 g/mol. The number of carbonyl (C=O) groups is 2. The van der Waals surface area contributed by atoms with E-state index in [0.29, 0.717) is 25.7 Å². The van der Waals surface area contributed by atoms with Gasteiger partial charge in [0.1, 0.15) is 12.2 Å². The van der Waals surface area contributed by atoms with E-state index < -0.39 is 60.3 Å². The molecular formula is C19H24F6O4. The van der Waals surface area contributed by atoms with E-state index in [2.05, 4.69) is 6.58 Å². The molecule has 2 rings (SSSR count). The van der Waals surface area contributed by atoms with Crippen molar-refractivity contribution in [3.8, 4) is 0 Å². The maximum Gasteiger partial charge on any atom is 0.395 e. The minimum absolute atomic E-state index is 0.0446. The summed E-state index contributed by atoms with van der Waals surface area (Å²) in [6.45, 7) is 3.33. The van der Waals surface area contributed by atoms with Crippen LogP contribution in [0.4, 0.5) is 26.3 Å². The molecule has 4 unspecified atom stereocenters. The summed E-state index contributed by atoms with van der Waals surface area (Å²) in [6, 6.07) is 0. The molecule has 0 aromatic heterocycles. The highest BCUT2D eigenvalue weighted by Crippen LogP contribution is 2.40. The minimum atomic E-state index is -4.51. The topological polar surface area (TPSA) is 52.6 Å². The molecule has 0 amide bonds. The van der Waals surface area contributed by atoms with Crippen LogP contribution in [-0.4, -0.2) is 36.5 Å². The minimum Gasteiger partial charge on any atom is -0.461 e. The smallest absolute Gasteiger partial charge is 0.395 e. The van der Waals surface area contributed by atoms with Crippen LogP contribution in [0.5, 0.6) is 0 Å². The normalized spacial score (nSPS) is 28.5. The van der Waals surface area contributed by atoms with Crippen molar-refractivity contribution in [2.45, 2.75) is 82.3 Å². The molecule has 4 nitrogen and oxygen atoms in total. The van der Waals surface area contributed by atoms with Crippen LogP contribution >= 0.6 is 0 Å². The lowest BCUT2D eigenvalue weighted by Gasteiger charge is -2.33. The van der Waals surface area contributed by atoms with Crippen molar-refractivity contribution in [1.29, 1.82) is 0 Å². The fourth-order valence-electron chi connectivity index (χ4n) is 3.90. The Bertz CT molecular complexity index is 613. The van der Waals surface area contributed by atoms with Gasteiger partial charge >= 0.3 is 24.3 Å². The molecule has 0 bridgehead atoms. The van der Waals surface area contributed by atoms with E-state index >= 15 is 0 Å². The first-order valence-corrected chi connectivity index (χ1v) is 9.61. The van der Waals surface area contributed by atoms with E-state index in [1.165, 1.54) is 0 Å². The number of carbonyl (C=O) groups excluding carboxylic acids is 2. The molecule has 2 aliphatic carbocycles. The molecule has 0 aliphatic heterocycles. The second-order valence-electron chi connectivity index (χ2n) is 7.62. The third-order valence-corrected chi connectivity index (χ3v) is 5.43. The van der Waals surface area contributed by atoms with Crippen molar-refractivity contribution in [3.63, 3.8) is 0 Å². The lowest BCUT2D eigenvalue weighted by molar-refractivity contribution is -0.217. The van der Waals surface area contributed by atoms with Gasteiger partial charge in [0, 0.05) is 5.57 Å². The number of halogens is 6. The van der Waals surface area contributed by atoms with Gasteiger partial charge in [0.25, 0.3) is 0 Å². The van der Waals surface area contributed by atoms with Crippen LogP contribution in [0.25, 0.3) is 0 Å². The molecule has 10 heteroatoms. The van der Waals surface area contributed by atoms with E-state index in [1.807, 2.05) is 0 Å². The Morgan fingerprint density at radius 1 is 0.759 bits per heavy atom. The van der Waals surface area contributed by atoms with Crippen LogP contribution in [0.15, 0.2) is 12.2 Å². The maximum atomic E-state index is 13.1. The van der Waals surface area contributed by atoms with Crippen molar-refractivity contribution >= 4 is 11.9 Å². The first kappa shape index (κ1) is 23.5. The van der Waals surface area contributed by atoms with Crippen LogP contribution in [0.2, 0.25) is 0 Å². The number of ether oxygens (including phenoxy) is 2. The predicted octanol–water partition coefficient (Wildman–Crippen LogP) is 5.26. The molecule has 2 saturated carbocycles. The first-order valence-electron chi connectivity index (χ1n) is 9.61. The molecule has 0 N–H and O–H groups in total. The Balaban J connectivity index is 1.90. The molecule has 0 heterocycles. The Kier molecular flexibility index (Phi) is 7.62. The second kappa shape index (κ2) is 9.38. The molecule has 4 atom stereocenters. The lowest BCUT2D eigenvalue weighted by atomic mass is 9.86. The first-order chi connectivity index (χ1) is 13.4. The zero-order valence-electron chi connectivity index (χ0n) is 15.8. The van der Waals surface area contributed by atoms with E-state index in [-0.39, 0.29) is 25.7 Å². The van der Waals surface area contributed by atoms with E-state index in [1.54, 1.807) is 0 Å². The fraction of sp³-hybridized carbons (Fsp3) is 0.789. The molecule has 2 fully saturated rings. The van der Waals surface area contributed by atoms with Gasteiger partial charge in [-0.1, -0.05) is 19.4 Å². The van der Waals surface area contributed by atoms with Gasteiger partial charge in [-0.2, -0.15) is 26.3 Å². The molecule has 166 valence electrons. The average Bonchev–Trinajstić information content (AvgIpc) is 2.60. The zero-order valence-corrected chi connectivity index (χ0v) is 15.8. The van der Waals surface area contributed by atoms with E-state index in [4.69, 9.17) is 9.47 Å².